The number of carbonyl (C=O) groups is 1. The van der Waals surface area contributed by atoms with E-state index in [1.54, 1.807) is 0 Å². The van der Waals surface area contributed by atoms with Crippen LogP contribution in [0.4, 0.5) is 0 Å². The Labute approximate surface area is 225 Å². The fraction of sp³-hybridized carbons (Fsp3) is 0.955. The Bertz CT molecular complexity index is 787. The molecule has 2 heterocycles. The molecule has 2 saturated heterocycles. The van der Waals surface area contributed by atoms with Gasteiger partial charge in [0, 0.05) is 6.54 Å². The first-order chi connectivity index (χ1) is 18.4. The van der Waals surface area contributed by atoms with Crippen molar-refractivity contribution in [1.82, 2.24) is 5.32 Å². The molecule has 0 spiro atoms. The van der Waals surface area contributed by atoms with Gasteiger partial charge in [0.1, 0.15) is 42.7 Å². The van der Waals surface area contributed by atoms with E-state index in [2.05, 4.69) is 5.32 Å². The molecule has 17 heteroatoms. The van der Waals surface area contributed by atoms with Crippen LogP contribution in [0.5, 0.6) is 0 Å². The normalized spacial score (nSPS) is 46.0. The maximum Gasteiger partial charge on any atom is 0.249 e. The van der Waals surface area contributed by atoms with Crippen molar-refractivity contribution in [3.63, 3.8) is 0 Å². The van der Waals surface area contributed by atoms with Crippen LogP contribution in [-0.2, 0) is 23.7 Å². The van der Waals surface area contributed by atoms with Crippen molar-refractivity contribution in [3.8, 4) is 0 Å². The second-order valence-corrected chi connectivity index (χ2v) is 10.3. The molecule has 1 saturated carbocycles. The molecule has 0 aromatic carbocycles. The van der Waals surface area contributed by atoms with Crippen LogP contribution in [0.1, 0.15) is 19.3 Å². The van der Waals surface area contributed by atoms with Crippen molar-refractivity contribution in [3.05, 3.63) is 0 Å². The smallest absolute Gasteiger partial charge is 0.249 e. The summed E-state index contributed by atoms with van der Waals surface area (Å²) in [4.78, 5) is 12.6. The lowest BCUT2D eigenvalue weighted by Gasteiger charge is -2.50. The van der Waals surface area contributed by atoms with Gasteiger partial charge in [-0.3, -0.25) is 4.79 Å². The SMILES string of the molecule is NCC[C@@H](O)C(=O)NC1[C@H](O[C@H]2OC(CO)[C@@H](O)[C@H](N)C2O)C(O)C(O[C@H]2O[C@H](CN)CCC2N)[C@@H](N)[C@H]1O. The molecule has 0 bridgehead atoms. The lowest BCUT2D eigenvalue weighted by molar-refractivity contribution is -0.319. The Kier molecular flexibility index (Phi) is 11.8. The summed E-state index contributed by atoms with van der Waals surface area (Å²) < 4.78 is 23.0. The van der Waals surface area contributed by atoms with E-state index < -0.39 is 98.1 Å². The number of aliphatic hydroxyl groups is 6. The van der Waals surface area contributed by atoms with Crippen molar-refractivity contribution in [2.45, 2.75) is 111 Å². The quantitative estimate of drug-likeness (QED) is 0.116. The molecule has 15 atom stereocenters. The monoisotopic (exact) mass is 568 g/mol. The van der Waals surface area contributed by atoms with Crippen LogP contribution in [0, 0.1) is 0 Å². The van der Waals surface area contributed by atoms with Crippen LogP contribution in [0.15, 0.2) is 0 Å². The Morgan fingerprint density at radius 3 is 2.18 bits per heavy atom. The van der Waals surface area contributed by atoms with Gasteiger partial charge in [-0.05, 0) is 25.8 Å². The molecular formula is C22H44N6O11. The highest BCUT2D eigenvalue weighted by Crippen LogP contribution is 2.31. The van der Waals surface area contributed by atoms with E-state index in [9.17, 15) is 35.4 Å². The molecule has 3 aliphatic rings. The maximum atomic E-state index is 12.6. The number of amides is 1. The van der Waals surface area contributed by atoms with Gasteiger partial charge in [-0.1, -0.05) is 0 Å². The summed E-state index contributed by atoms with van der Waals surface area (Å²) in [5, 5.41) is 65.3. The first-order valence-corrected chi connectivity index (χ1v) is 13.0. The average Bonchev–Trinajstić information content (AvgIpc) is 2.92. The second kappa shape index (κ2) is 14.2. The van der Waals surface area contributed by atoms with Crippen LogP contribution < -0.4 is 34.0 Å². The molecule has 1 amide bonds. The number of rotatable bonds is 10. The van der Waals surface area contributed by atoms with Crippen LogP contribution in [-0.4, -0.2) is 148 Å². The summed E-state index contributed by atoms with van der Waals surface area (Å²) >= 11 is 0. The minimum Gasteiger partial charge on any atom is -0.394 e. The van der Waals surface area contributed by atoms with E-state index in [0.29, 0.717) is 12.8 Å². The molecule has 0 radical (unpaired) electrons. The molecule has 228 valence electrons. The summed E-state index contributed by atoms with van der Waals surface area (Å²) in [5.41, 5.74) is 29.4. The minimum atomic E-state index is -1.68. The third-order valence-corrected chi connectivity index (χ3v) is 7.50. The Morgan fingerprint density at radius 2 is 1.56 bits per heavy atom. The zero-order valence-electron chi connectivity index (χ0n) is 21.5. The average molecular weight is 569 g/mol. The van der Waals surface area contributed by atoms with Gasteiger partial charge < -0.3 is 83.6 Å². The highest BCUT2D eigenvalue weighted by atomic mass is 16.7. The number of aliphatic hydroxyl groups excluding tert-OH is 6. The van der Waals surface area contributed by atoms with Crippen molar-refractivity contribution < 1.29 is 54.4 Å². The molecular weight excluding hydrogens is 524 g/mol. The number of hydrogen-bond acceptors (Lipinski definition) is 16. The molecule has 39 heavy (non-hydrogen) atoms. The van der Waals surface area contributed by atoms with Crippen LogP contribution in [0.25, 0.3) is 0 Å². The van der Waals surface area contributed by atoms with Gasteiger partial charge in [0.2, 0.25) is 5.91 Å². The van der Waals surface area contributed by atoms with Gasteiger partial charge in [0.25, 0.3) is 0 Å². The predicted molar refractivity (Wildman–Crippen MR) is 132 cm³/mol. The summed E-state index contributed by atoms with van der Waals surface area (Å²) in [5.74, 6) is -0.925. The van der Waals surface area contributed by atoms with E-state index >= 15 is 0 Å². The third-order valence-electron chi connectivity index (χ3n) is 7.50. The van der Waals surface area contributed by atoms with E-state index in [4.69, 9.17) is 47.6 Å². The highest BCUT2D eigenvalue weighted by molar-refractivity contribution is 5.81. The molecule has 2 aliphatic heterocycles. The van der Waals surface area contributed by atoms with Gasteiger partial charge in [-0.15, -0.1) is 0 Å². The van der Waals surface area contributed by atoms with E-state index in [0.717, 1.165) is 0 Å². The van der Waals surface area contributed by atoms with E-state index in [-0.39, 0.29) is 25.6 Å². The Hall–Kier alpha value is -1.13. The highest BCUT2D eigenvalue weighted by Gasteiger charge is 2.54. The number of carbonyl (C=O) groups excluding carboxylic acids is 1. The van der Waals surface area contributed by atoms with Gasteiger partial charge in [0.15, 0.2) is 12.6 Å². The summed E-state index contributed by atoms with van der Waals surface area (Å²) in [6.07, 6.45) is -14.1. The van der Waals surface area contributed by atoms with E-state index in [1.165, 1.54) is 0 Å². The van der Waals surface area contributed by atoms with Crippen molar-refractivity contribution >= 4 is 5.91 Å². The predicted octanol–water partition coefficient (Wildman–Crippen LogP) is -7.43. The molecule has 1 aliphatic carbocycles. The number of nitrogens with two attached hydrogens (primary N) is 5. The summed E-state index contributed by atoms with van der Waals surface area (Å²) in [6.45, 7) is -0.469. The van der Waals surface area contributed by atoms with Crippen LogP contribution in [0.3, 0.4) is 0 Å². The molecule has 0 aromatic rings. The molecule has 0 aromatic heterocycles. The molecule has 3 rings (SSSR count). The zero-order valence-corrected chi connectivity index (χ0v) is 21.5. The Morgan fingerprint density at radius 1 is 0.897 bits per heavy atom. The third kappa shape index (κ3) is 7.21. The lowest BCUT2D eigenvalue weighted by Crippen LogP contribution is -2.74. The van der Waals surface area contributed by atoms with Crippen LogP contribution in [0.2, 0.25) is 0 Å². The lowest BCUT2D eigenvalue weighted by atomic mass is 9.81. The number of nitrogens with one attached hydrogen (secondary N) is 1. The number of ether oxygens (including phenoxy) is 4. The minimum absolute atomic E-state index is 0.00387. The Balaban J connectivity index is 1.88. The second-order valence-electron chi connectivity index (χ2n) is 10.3. The first-order valence-electron chi connectivity index (χ1n) is 13.0. The maximum absolute atomic E-state index is 12.6. The van der Waals surface area contributed by atoms with Gasteiger partial charge in [-0.2, -0.15) is 0 Å². The van der Waals surface area contributed by atoms with Crippen molar-refractivity contribution in [1.29, 1.82) is 0 Å². The largest absolute Gasteiger partial charge is 0.394 e. The van der Waals surface area contributed by atoms with Crippen molar-refractivity contribution in [2.24, 2.45) is 28.7 Å². The fourth-order valence-electron chi connectivity index (χ4n) is 5.03. The first kappa shape index (κ1) is 32.4. The van der Waals surface area contributed by atoms with Gasteiger partial charge in [-0.25, -0.2) is 0 Å². The zero-order chi connectivity index (χ0) is 29.0. The molecule has 17 nitrogen and oxygen atoms in total. The van der Waals surface area contributed by atoms with Crippen molar-refractivity contribution in [2.75, 3.05) is 19.7 Å². The molecule has 6 unspecified atom stereocenters. The van der Waals surface area contributed by atoms with E-state index in [1.807, 2.05) is 0 Å². The van der Waals surface area contributed by atoms with Gasteiger partial charge >= 0.3 is 0 Å². The molecule has 17 N–H and O–H groups in total. The molecule has 3 fully saturated rings. The topological polar surface area (TPSA) is 318 Å². The van der Waals surface area contributed by atoms with Gasteiger partial charge in [0.05, 0.1) is 43.0 Å². The van der Waals surface area contributed by atoms with Crippen LogP contribution >= 0.6 is 0 Å². The fourth-order valence-corrected chi connectivity index (χ4v) is 5.03. The summed E-state index contributed by atoms with van der Waals surface area (Å²) in [7, 11) is 0. The standard InChI is InChI=1S/C22H44N6O11/c23-4-3-9(30)20(35)28-13-15(32)12(27)18(38-21-8(25)2-1-7(5-24)36-21)17(34)19(13)39-22-16(33)11(26)14(31)10(6-29)37-22/h7-19,21-22,29-34H,1-6,23-27H2,(H,28,35)/t7-,8?,9+,10?,11-,12-,13?,14+,15+,16?,17?,18?,19-,21+,22+/m0/s1. The summed E-state index contributed by atoms with van der Waals surface area (Å²) in [6, 6.07) is -4.65. The number of hydrogen-bond donors (Lipinski definition) is 12.